The molecule has 0 atom stereocenters. The number of halogens is 6. The average molecular weight is 374 g/mol. The highest BCUT2D eigenvalue weighted by molar-refractivity contribution is 6.11. The van der Waals surface area contributed by atoms with E-state index in [0.29, 0.717) is 29.6 Å². The van der Waals surface area contributed by atoms with Crippen molar-refractivity contribution in [1.82, 2.24) is 0 Å². The molecule has 0 saturated heterocycles. The van der Waals surface area contributed by atoms with E-state index in [1.165, 1.54) is 6.08 Å². The molecule has 0 radical (unpaired) electrons. The number of ketones is 1. The molecule has 0 amide bonds. The Morgan fingerprint density at radius 3 is 2.15 bits per heavy atom. The molecule has 0 aromatic rings. The third-order valence-electron chi connectivity index (χ3n) is 4.71. The van der Waals surface area contributed by atoms with E-state index in [-0.39, 0.29) is 12.2 Å². The molecule has 1 fully saturated rings. The molecule has 0 aromatic heterocycles. The Labute approximate surface area is 144 Å². The molecule has 0 unspecified atom stereocenters. The highest BCUT2D eigenvalue weighted by Crippen LogP contribution is 2.59. The Kier molecular flexibility index (Phi) is 4.00. The lowest BCUT2D eigenvalue weighted by molar-refractivity contribution is -0.343. The third-order valence-corrected chi connectivity index (χ3v) is 4.71. The number of carbonyl (C=O) groups is 1. The molecule has 0 aromatic carbocycles. The topological polar surface area (TPSA) is 37.3 Å². The highest BCUT2D eigenvalue weighted by Gasteiger charge is 2.70. The van der Waals surface area contributed by atoms with Crippen molar-refractivity contribution in [1.29, 1.82) is 0 Å². The number of hydrogen-bond acceptors (Lipinski definition) is 2. The SMILES string of the molecule is O=C1C=CC=C2C1=CC=C2C1(CC#CC(O)(C(F)(F)F)C(F)(F)F)CC1. The van der Waals surface area contributed by atoms with Crippen molar-refractivity contribution >= 4 is 5.78 Å². The molecular weight excluding hydrogens is 362 g/mol. The fourth-order valence-corrected chi connectivity index (χ4v) is 3.01. The van der Waals surface area contributed by atoms with Crippen LogP contribution in [0.25, 0.3) is 0 Å². The molecule has 8 heteroatoms. The predicted molar refractivity (Wildman–Crippen MR) is 79.5 cm³/mol. The lowest BCUT2D eigenvalue weighted by Gasteiger charge is -2.27. The molecular formula is C18H12F6O2. The first kappa shape index (κ1) is 18.5. The zero-order chi connectivity index (χ0) is 19.4. The number of carbonyl (C=O) groups excluding carboxylic acids is 1. The molecule has 0 bridgehead atoms. The first-order chi connectivity index (χ1) is 11.9. The summed E-state index contributed by atoms with van der Waals surface area (Å²) in [6.07, 6.45) is -3.30. The summed E-state index contributed by atoms with van der Waals surface area (Å²) in [5.74, 6) is 2.67. The molecule has 1 saturated carbocycles. The zero-order valence-electron chi connectivity index (χ0n) is 13.1. The van der Waals surface area contributed by atoms with Gasteiger partial charge in [-0.15, -0.1) is 0 Å². The molecule has 3 rings (SSSR count). The Bertz CT molecular complexity index is 822. The second-order valence-electron chi connectivity index (χ2n) is 6.43. The van der Waals surface area contributed by atoms with Gasteiger partial charge in [-0.1, -0.05) is 30.2 Å². The van der Waals surface area contributed by atoms with Gasteiger partial charge in [0.05, 0.1) is 0 Å². The average Bonchev–Trinajstić information content (AvgIpc) is 3.15. The number of rotatable bonds is 2. The largest absolute Gasteiger partial charge is 0.438 e. The molecule has 3 aliphatic rings. The standard InChI is InChI=1S/C18H12F6O2/c19-17(20,21)16(26,18(22,23)24)8-2-7-15(9-10-15)13-6-5-12-11(13)3-1-4-14(12)25/h1,3-6,26H,7,9-10H2. The van der Waals surface area contributed by atoms with E-state index in [1.807, 2.05) is 5.92 Å². The Hall–Kier alpha value is -2.27. The maximum Gasteiger partial charge on any atom is 0.438 e. The van der Waals surface area contributed by atoms with Crippen LogP contribution in [0.5, 0.6) is 0 Å². The Morgan fingerprint density at radius 2 is 1.62 bits per heavy atom. The van der Waals surface area contributed by atoms with Gasteiger partial charge in [0.1, 0.15) is 0 Å². The van der Waals surface area contributed by atoms with Crippen molar-refractivity contribution in [3.05, 3.63) is 47.1 Å². The van der Waals surface area contributed by atoms with Crippen molar-refractivity contribution in [3.63, 3.8) is 0 Å². The van der Waals surface area contributed by atoms with Crippen LogP contribution in [0, 0.1) is 17.3 Å². The van der Waals surface area contributed by atoms with Gasteiger partial charge in [-0.05, 0) is 36.0 Å². The third kappa shape index (κ3) is 2.80. The van der Waals surface area contributed by atoms with Crippen molar-refractivity contribution in [2.75, 3.05) is 0 Å². The minimum Gasteiger partial charge on any atom is -0.363 e. The highest BCUT2D eigenvalue weighted by atomic mass is 19.4. The van der Waals surface area contributed by atoms with Gasteiger partial charge in [-0.3, -0.25) is 4.79 Å². The molecule has 0 heterocycles. The van der Waals surface area contributed by atoms with Crippen molar-refractivity contribution < 1.29 is 36.2 Å². The van der Waals surface area contributed by atoms with Gasteiger partial charge in [-0.2, -0.15) is 26.3 Å². The first-order valence-corrected chi connectivity index (χ1v) is 7.63. The maximum absolute atomic E-state index is 12.7. The molecule has 26 heavy (non-hydrogen) atoms. The molecule has 1 N–H and O–H groups in total. The monoisotopic (exact) mass is 374 g/mol. The van der Waals surface area contributed by atoms with Gasteiger partial charge in [0.25, 0.3) is 0 Å². The van der Waals surface area contributed by atoms with Crippen molar-refractivity contribution in [2.24, 2.45) is 5.41 Å². The van der Waals surface area contributed by atoms with Crippen LogP contribution in [0.3, 0.4) is 0 Å². The van der Waals surface area contributed by atoms with Crippen LogP contribution in [-0.4, -0.2) is 28.8 Å². The second kappa shape index (κ2) is 5.61. The molecule has 0 spiro atoms. The van der Waals surface area contributed by atoms with E-state index in [0.717, 1.165) is 5.92 Å². The van der Waals surface area contributed by atoms with Gasteiger partial charge in [0.2, 0.25) is 0 Å². The fourth-order valence-electron chi connectivity index (χ4n) is 3.01. The molecule has 0 aliphatic heterocycles. The maximum atomic E-state index is 12.7. The summed E-state index contributed by atoms with van der Waals surface area (Å²) >= 11 is 0. The zero-order valence-corrected chi connectivity index (χ0v) is 13.1. The fraction of sp³-hybridized carbons (Fsp3) is 0.389. The van der Waals surface area contributed by atoms with E-state index in [4.69, 9.17) is 5.11 Å². The van der Waals surface area contributed by atoms with Crippen LogP contribution in [0.2, 0.25) is 0 Å². The molecule has 138 valence electrons. The Morgan fingerprint density at radius 1 is 1.00 bits per heavy atom. The summed E-state index contributed by atoms with van der Waals surface area (Å²) < 4.78 is 75.9. The summed E-state index contributed by atoms with van der Waals surface area (Å²) in [7, 11) is 0. The van der Waals surface area contributed by atoms with Gasteiger partial charge in [0.15, 0.2) is 5.78 Å². The van der Waals surface area contributed by atoms with Crippen molar-refractivity contribution in [3.8, 4) is 11.8 Å². The number of hydrogen-bond donors (Lipinski definition) is 1. The van der Waals surface area contributed by atoms with Crippen LogP contribution in [0.1, 0.15) is 19.3 Å². The number of aliphatic hydroxyl groups is 1. The normalized spacial score (nSPS) is 21.3. The second-order valence-corrected chi connectivity index (χ2v) is 6.43. The van der Waals surface area contributed by atoms with Crippen LogP contribution in [0.4, 0.5) is 26.3 Å². The molecule has 3 aliphatic carbocycles. The van der Waals surface area contributed by atoms with Crippen LogP contribution in [-0.2, 0) is 4.79 Å². The number of alkyl halides is 6. The summed E-state index contributed by atoms with van der Waals surface area (Å²) in [5, 5.41) is 9.08. The quantitative estimate of drug-likeness (QED) is 0.587. The molecule has 2 nitrogen and oxygen atoms in total. The van der Waals surface area contributed by atoms with Gasteiger partial charge < -0.3 is 5.11 Å². The predicted octanol–water partition coefficient (Wildman–Crippen LogP) is 3.95. The van der Waals surface area contributed by atoms with E-state index in [1.54, 1.807) is 24.3 Å². The van der Waals surface area contributed by atoms with Crippen molar-refractivity contribution in [2.45, 2.75) is 37.2 Å². The minimum atomic E-state index is -5.96. The Balaban J connectivity index is 1.84. The lowest BCUT2D eigenvalue weighted by atomic mass is 9.84. The minimum absolute atomic E-state index is 0.209. The number of allylic oxidation sites excluding steroid dienone is 8. The smallest absolute Gasteiger partial charge is 0.363 e. The van der Waals surface area contributed by atoms with Crippen LogP contribution in [0.15, 0.2) is 47.1 Å². The van der Waals surface area contributed by atoms with Gasteiger partial charge in [0, 0.05) is 17.4 Å². The van der Waals surface area contributed by atoms with Gasteiger partial charge in [-0.25, -0.2) is 0 Å². The van der Waals surface area contributed by atoms with Crippen LogP contribution >= 0.6 is 0 Å². The van der Waals surface area contributed by atoms with E-state index < -0.39 is 23.4 Å². The summed E-state index contributed by atoms with van der Waals surface area (Å²) in [4.78, 5) is 11.8. The number of fused-ring (bicyclic) bond motifs is 1. The van der Waals surface area contributed by atoms with E-state index in [2.05, 4.69) is 0 Å². The summed E-state index contributed by atoms with van der Waals surface area (Å²) in [6, 6.07) is 0. The van der Waals surface area contributed by atoms with Gasteiger partial charge >= 0.3 is 18.0 Å². The first-order valence-electron chi connectivity index (χ1n) is 7.63. The van der Waals surface area contributed by atoms with E-state index in [9.17, 15) is 31.1 Å². The lowest BCUT2D eigenvalue weighted by Crippen LogP contribution is -2.55. The van der Waals surface area contributed by atoms with E-state index >= 15 is 0 Å². The summed E-state index contributed by atoms with van der Waals surface area (Å²) in [6.45, 7) is 0. The summed E-state index contributed by atoms with van der Waals surface area (Å²) in [5.41, 5.74) is -4.00. The van der Waals surface area contributed by atoms with Crippen LogP contribution < -0.4 is 0 Å².